The van der Waals surface area contributed by atoms with Crippen LogP contribution in [0.4, 0.5) is 11.4 Å². The van der Waals surface area contributed by atoms with Gasteiger partial charge in [0.15, 0.2) is 0 Å². The Hall–Kier alpha value is -1.16. The molecule has 0 aromatic heterocycles. The first kappa shape index (κ1) is 13.8. The molecule has 2 aliphatic rings. The van der Waals surface area contributed by atoms with Crippen molar-refractivity contribution >= 4 is 29.0 Å². The van der Waals surface area contributed by atoms with Gasteiger partial charge in [-0.1, -0.05) is 19.8 Å². The molecule has 4 heteroatoms. The van der Waals surface area contributed by atoms with Gasteiger partial charge in [-0.05, 0) is 43.4 Å². The number of hydrogen-bond acceptors (Lipinski definition) is 3. The minimum atomic E-state index is 0.0999. The number of carbonyl (C=O) groups is 1. The lowest BCUT2D eigenvalue weighted by Gasteiger charge is -2.21. The maximum Gasteiger partial charge on any atom is 0.234 e. The summed E-state index contributed by atoms with van der Waals surface area (Å²) in [5, 5.41) is 6.60. The number of amides is 1. The highest BCUT2D eigenvalue weighted by Crippen LogP contribution is 2.34. The maximum atomic E-state index is 11.5. The summed E-state index contributed by atoms with van der Waals surface area (Å²) in [6.45, 7) is 2.36. The normalized spacial score (nSPS) is 26.4. The Morgan fingerprint density at radius 1 is 1.25 bits per heavy atom. The second-order valence-corrected chi connectivity index (χ2v) is 7.02. The summed E-state index contributed by atoms with van der Waals surface area (Å²) in [5.74, 6) is 1.49. The predicted molar refractivity (Wildman–Crippen MR) is 85.5 cm³/mol. The Balaban J connectivity index is 1.68. The highest BCUT2D eigenvalue weighted by Gasteiger charge is 2.18. The third-order valence-corrected chi connectivity index (χ3v) is 5.31. The Labute approximate surface area is 124 Å². The predicted octanol–water partition coefficient (Wildman–Crippen LogP) is 4.11. The number of rotatable bonds is 2. The largest absolute Gasteiger partial charge is 0.382 e. The van der Waals surface area contributed by atoms with E-state index in [1.165, 1.54) is 37.0 Å². The third kappa shape index (κ3) is 3.29. The lowest BCUT2D eigenvalue weighted by atomic mass is 10.0. The van der Waals surface area contributed by atoms with E-state index in [1.54, 1.807) is 11.8 Å². The number of benzene rings is 1. The van der Waals surface area contributed by atoms with Crippen molar-refractivity contribution in [3.63, 3.8) is 0 Å². The van der Waals surface area contributed by atoms with Gasteiger partial charge in [0.25, 0.3) is 0 Å². The Morgan fingerprint density at radius 2 is 2.15 bits per heavy atom. The van der Waals surface area contributed by atoms with Gasteiger partial charge in [-0.2, -0.15) is 0 Å². The number of carbonyl (C=O) groups excluding carboxylic acids is 1. The van der Waals surface area contributed by atoms with Crippen LogP contribution in [0.25, 0.3) is 0 Å². The standard InChI is InChI=1S/C16H22N2OS/c1-11-3-2-4-12(6-5-11)17-13-7-8-15-14(9-13)18-16(19)10-20-15/h7-9,11-12,17H,2-6,10H2,1H3,(H,18,19). The molecule has 2 atom stereocenters. The van der Waals surface area contributed by atoms with Crippen molar-refractivity contribution in [3.8, 4) is 0 Å². The minimum Gasteiger partial charge on any atom is -0.382 e. The van der Waals surface area contributed by atoms with Crippen molar-refractivity contribution in [2.24, 2.45) is 5.92 Å². The van der Waals surface area contributed by atoms with Gasteiger partial charge in [0.05, 0.1) is 11.4 Å². The summed E-state index contributed by atoms with van der Waals surface area (Å²) in [6, 6.07) is 6.90. The van der Waals surface area contributed by atoms with Gasteiger partial charge in [-0.15, -0.1) is 11.8 Å². The van der Waals surface area contributed by atoms with Crippen molar-refractivity contribution in [1.29, 1.82) is 0 Å². The van der Waals surface area contributed by atoms with Crippen LogP contribution >= 0.6 is 11.8 Å². The molecule has 1 saturated carbocycles. The molecule has 0 radical (unpaired) electrons. The molecule has 3 nitrogen and oxygen atoms in total. The second-order valence-electron chi connectivity index (χ2n) is 6.00. The minimum absolute atomic E-state index is 0.0999. The second kappa shape index (κ2) is 6.08. The molecule has 1 aliphatic carbocycles. The van der Waals surface area contributed by atoms with Gasteiger partial charge in [-0.25, -0.2) is 0 Å². The summed E-state index contributed by atoms with van der Waals surface area (Å²) in [4.78, 5) is 12.6. The van der Waals surface area contributed by atoms with E-state index < -0.39 is 0 Å². The first-order chi connectivity index (χ1) is 9.70. The Bertz CT molecular complexity index is 503. The zero-order valence-electron chi connectivity index (χ0n) is 11.9. The van der Waals surface area contributed by atoms with Gasteiger partial charge in [-0.3, -0.25) is 4.79 Å². The number of fused-ring (bicyclic) bond motifs is 1. The third-order valence-electron chi connectivity index (χ3n) is 4.24. The fourth-order valence-corrected chi connectivity index (χ4v) is 3.83. The van der Waals surface area contributed by atoms with Crippen LogP contribution in [0.1, 0.15) is 39.0 Å². The van der Waals surface area contributed by atoms with E-state index in [-0.39, 0.29) is 5.91 Å². The topological polar surface area (TPSA) is 41.1 Å². The molecular weight excluding hydrogens is 268 g/mol. The van der Waals surface area contributed by atoms with E-state index in [0.717, 1.165) is 17.3 Å². The van der Waals surface area contributed by atoms with Crippen LogP contribution in [0.5, 0.6) is 0 Å². The monoisotopic (exact) mass is 290 g/mol. The molecule has 1 aliphatic heterocycles. The number of hydrogen-bond donors (Lipinski definition) is 2. The molecule has 3 rings (SSSR count). The zero-order valence-corrected chi connectivity index (χ0v) is 12.8. The van der Waals surface area contributed by atoms with E-state index in [4.69, 9.17) is 0 Å². The first-order valence-electron chi connectivity index (χ1n) is 7.54. The lowest BCUT2D eigenvalue weighted by Crippen LogP contribution is -2.20. The molecule has 20 heavy (non-hydrogen) atoms. The summed E-state index contributed by atoms with van der Waals surface area (Å²) in [7, 11) is 0. The first-order valence-corrected chi connectivity index (χ1v) is 8.52. The van der Waals surface area contributed by atoms with Gasteiger partial charge >= 0.3 is 0 Å². The molecular formula is C16H22N2OS. The summed E-state index contributed by atoms with van der Waals surface area (Å²) in [6.07, 6.45) is 6.49. The SMILES string of the molecule is CC1CCCC(Nc2ccc3c(c2)NC(=O)CS3)CC1. The van der Waals surface area contributed by atoms with E-state index in [1.807, 2.05) is 0 Å². The van der Waals surface area contributed by atoms with Crippen LogP contribution in [0.2, 0.25) is 0 Å². The van der Waals surface area contributed by atoms with Gasteiger partial charge < -0.3 is 10.6 Å². The van der Waals surface area contributed by atoms with Crippen LogP contribution in [0.15, 0.2) is 23.1 Å². The summed E-state index contributed by atoms with van der Waals surface area (Å²) in [5.41, 5.74) is 2.09. The van der Waals surface area contributed by atoms with Crippen LogP contribution in [-0.2, 0) is 4.79 Å². The van der Waals surface area contributed by atoms with Crippen LogP contribution in [0.3, 0.4) is 0 Å². The van der Waals surface area contributed by atoms with E-state index in [0.29, 0.717) is 11.8 Å². The van der Waals surface area contributed by atoms with E-state index in [9.17, 15) is 4.79 Å². The molecule has 108 valence electrons. The molecule has 1 aromatic rings. The highest BCUT2D eigenvalue weighted by atomic mass is 32.2. The van der Waals surface area contributed by atoms with Gasteiger partial charge in [0.2, 0.25) is 5.91 Å². The van der Waals surface area contributed by atoms with Crippen molar-refractivity contribution in [1.82, 2.24) is 0 Å². The number of anilines is 2. The zero-order chi connectivity index (χ0) is 13.9. The van der Waals surface area contributed by atoms with E-state index in [2.05, 4.69) is 35.8 Å². The molecule has 2 N–H and O–H groups in total. The van der Waals surface area contributed by atoms with Crippen molar-refractivity contribution in [2.75, 3.05) is 16.4 Å². The Kier molecular flexibility index (Phi) is 4.20. The van der Waals surface area contributed by atoms with Crippen molar-refractivity contribution in [2.45, 2.75) is 50.0 Å². The van der Waals surface area contributed by atoms with Crippen molar-refractivity contribution < 1.29 is 4.79 Å². The molecule has 1 heterocycles. The molecule has 1 fully saturated rings. The molecule has 1 amide bonds. The van der Waals surface area contributed by atoms with Gasteiger partial charge in [0.1, 0.15) is 0 Å². The molecule has 0 bridgehead atoms. The molecule has 0 spiro atoms. The fourth-order valence-electron chi connectivity index (χ4n) is 3.04. The van der Waals surface area contributed by atoms with Crippen LogP contribution in [0, 0.1) is 5.92 Å². The van der Waals surface area contributed by atoms with E-state index >= 15 is 0 Å². The lowest BCUT2D eigenvalue weighted by molar-refractivity contribution is -0.113. The summed E-state index contributed by atoms with van der Waals surface area (Å²) < 4.78 is 0. The van der Waals surface area contributed by atoms with Gasteiger partial charge in [0, 0.05) is 16.6 Å². The molecule has 1 aromatic carbocycles. The Morgan fingerprint density at radius 3 is 3.05 bits per heavy atom. The number of thioether (sulfide) groups is 1. The molecule has 0 saturated heterocycles. The number of nitrogens with one attached hydrogen (secondary N) is 2. The highest BCUT2D eigenvalue weighted by molar-refractivity contribution is 8.00. The average molecular weight is 290 g/mol. The average Bonchev–Trinajstić information content (AvgIpc) is 2.63. The maximum absolute atomic E-state index is 11.5. The van der Waals surface area contributed by atoms with Crippen LogP contribution in [-0.4, -0.2) is 17.7 Å². The van der Waals surface area contributed by atoms with Crippen LogP contribution < -0.4 is 10.6 Å². The van der Waals surface area contributed by atoms with Crippen molar-refractivity contribution in [3.05, 3.63) is 18.2 Å². The summed E-state index contributed by atoms with van der Waals surface area (Å²) >= 11 is 1.62. The quantitative estimate of drug-likeness (QED) is 0.805. The fraction of sp³-hybridized carbons (Fsp3) is 0.562. The smallest absolute Gasteiger partial charge is 0.234 e. The molecule has 2 unspecified atom stereocenters.